The van der Waals surface area contributed by atoms with E-state index in [9.17, 15) is 9.59 Å². The topological polar surface area (TPSA) is 75.2 Å². The zero-order valence-corrected chi connectivity index (χ0v) is 16.6. The number of aromatic nitrogens is 2. The van der Waals surface area contributed by atoms with Gasteiger partial charge in [-0.05, 0) is 42.7 Å². The number of aryl methyl sites for hydroxylation is 1. The number of carbonyl (C=O) groups excluding carboxylic acids is 2. The van der Waals surface area contributed by atoms with E-state index in [4.69, 9.17) is 0 Å². The molecule has 2 aromatic heterocycles. The summed E-state index contributed by atoms with van der Waals surface area (Å²) in [6.07, 6.45) is 7.16. The molecule has 0 radical (unpaired) electrons. The summed E-state index contributed by atoms with van der Waals surface area (Å²) in [7, 11) is 1.74. The number of nitrogens with zero attached hydrogens (tertiary/aromatic N) is 3. The highest BCUT2D eigenvalue weighted by Crippen LogP contribution is 2.08. The highest BCUT2D eigenvalue weighted by Gasteiger charge is 2.15. The van der Waals surface area contributed by atoms with Crippen LogP contribution in [0, 0.1) is 6.92 Å². The van der Waals surface area contributed by atoms with Crippen molar-refractivity contribution in [1.29, 1.82) is 0 Å². The largest absolute Gasteiger partial charge is 0.348 e. The Bertz CT molecular complexity index is 972. The van der Waals surface area contributed by atoms with Crippen LogP contribution in [0.1, 0.15) is 37.4 Å². The van der Waals surface area contributed by atoms with Gasteiger partial charge in [-0.2, -0.15) is 0 Å². The zero-order chi connectivity index (χ0) is 20.6. The summed E-state index contributed by atoms with van der Waals surface area (Å²) in [4.78, 5) is 34.9. The van der Waals surface area contributed by atoms with Crippen molar-refractivity contribution in [2.24, 2.45) is 0 Å². The van der Waals surface area contributed by atoms with Gasteiger partial charge in [0.25, 0.3) is 11.8 Å². The zero-order valence-electron chi connectivity index (χ0n) is 16.6. The highest BCUT2D eigenvalue weighted by molar-refractivity contribution is 5.99. The molecule has 2 heterocycles. The molecule has 6 heteroatoms. The minimum atomic E-state index is -0.257. The van der Waals surface area contributed by atoms with E-state index in [1.165, 1.54) is 18.0 Å². The summed E-state index contributed by atoms with van der Waals surface area (Å²) in [5.74, 6) is -0.424. The maximum Gasteiger partial charge on any atom is 0.255 e. The SMILES string of the molecule is Cc1ccc(CNC(=O)c2cncc(C(=O)N(C)CCc3ccncc3)c2)cc1. The van der Waals surface area contributed by atoms with E-state index >= 15 is 0 Å². The molecule has 0 atom stereocenters. The van der Waals surface area contributed by atoms with Crippen LogP contribution in [-0.4, -0.2) is 40.3 Å². The van der Waals surface area contributed by atoms with Crippen LogP contribution in [0.4, 0.5) is 0 Å². The molecule has 0 bridgehead atoms. The third-order valence-corrected chi connectivity index (χ3v) is 4.65. The molecule has 148 valence electrons. The second-order valence-corrected chi connectivity index (χ2v) is 6.96. The fourth-order valence-corrected chi connectivity index (χ4v) is 2.84. The molecule has 0 unspecified atom stereocenters. The van der Waals surface area contributed by atoms with E-state index in [2.05, 4.69) is 15.3 Å². The fraction of sp³-hybridized carbons (Fsp3) is 0.217. The van der Waals surface area contributed by atoms with Crippen LogP contribution in [0.25, 0.3) is 0 Å². The Morgan fingerprint density at radius 1 is 0.931 bits per heavy atom. The number of benzene rings is 1. The van der Waals surface area contributed by atoms with Gasteiger partial charge in [-0.25, -0.2) is 0 Å². The Morgan fingerprint density at radius 2 is 1.62 bits per heavy atom. The second kappa shape index (κ2) is 9.59. The maximum atomic E-state index is 12.7. The Labute approximate surface area is 170 Å². The van der Waals surface area contributed by atoms with Gasteiger partial charge in [-0.3, -0.25) is 19.6 Å². The lowest BCUT2D eigenvalue weighted by atomic mass is 10.1. The van der Waals surface area contributed by atoms with Crippen molar-refractivity contribution in [3.8, 4) is 0 Å². The van der Waals surface area contributed by atoms with Crippen molar-refractivity contribution in [2.45, 2.75) is 19.9 Å². The lowest BCUT2D eigenvalue weighted by Gasteiger charge is -2.17. The quantitative estimate of drug-likeness (QED) is 0.675. The molecule has 1 aromatic carbocycles. The molecule has 3 aromatic rings. The number of rotatable bonds is 7. The average Bonchev–Trinajstić information content (AvgIpc) is 2.77. The van der Waals surface area contributed by atoms with Crippen LogP contribution in [0.2, 0.25) is 0 Å². The molecule has 29 heavy (non-hydrogen) atoms. The van der Waals surface area contributed by atoms with Gasteiger partial charge in [-0.15, -0.1) is 0 Å². The normalized spacial score (nSPS) is 10.4. The molecule has 6 nitrogen and oxygen atoms in total. The van der Waals surface area contributed by atoms with E-state index in [-0.39, 0.29) is 11.8 Å². The van der Waals surface area contributed by atoms with Crippen LogP contribution >= 0.6 is 0 Å². The number of likely N-dealkylation sites (N-methyl/N-ethyl adjacent to an activating group) is 1. The molecule has 0 aliphatic rings. The van der Waals surface area contributed by atoms with Crippen LogP contribution in [0.5, 0.6) is 0 Å². The molecule has 0 fully saturated rings. The van der Waals surface area contributed by atoms with Crippen LogP contribution in [-0.2, 0) is 13.0 Å². The molecule has 2 amide bonds. The van der Waals surface area contributed by atoms with Gasteiger partial charge < -0.3 is 10.2 Å². The van der Waals surface area contributed by atoms with Gasteiger partial charge in [0.1, 0.15) is 0 Å². The average molecular weight is 388 g/mol. The van der Waals surface area contributed by atoms with Crippen LogP contribution in [0.15, 0.2) is 67.3 Å². The smallest absolute Gasteiger partial charge is 0.255 e. The lowest BCUT2D eigenvalue weighted by molar-refractivity contribution is 0.0796. The number of hydrogen-bond acceptors (Lipinski definition) is 4. The summed E-state index contributed by atoms with van der Waals surface area (Å²) in [6, 6.07) is 13.4. The molecule has 1 N–H and O–H groups in total. The van der Waals surface area contributed by atoms with Gasteiger partial charge in [0.05, 0.1) is 11.1 Å². The Balaban J connectivity index is 1.59. The third kappa shape index (κ3) is 5.72. The molecular formula is C23H24N4O2. The maximum absolute atomic E-state index is 12.7. The molecule has 0 saturated heterocycles. The monoisotopic (exact) mass is 388 g/mol. The van der Waals surface area contributed by atoms with E-state index in [1.807, 2.05) is 43.3 Å². The standard InChI is InChI=1S/C23H24N4O2/c1-17-3-5-19(6-4-17)14-26-22(28)20-13-21(16-25-15-20)23(29)27(2)12-9-18-7-10-24-11-8-18/h3-8,10-11,13,15-16H,9,12,14H2,1-2H3,(H,26,28). The van der Waals surface area contributed by atoms with Gasteiger partial charge >= 0.3 is 0 Å². The predicted molar refractivity (Wildman–Crippen MR) is 111 cm³/mol. The Kier molecular flexibility index (Phi) is 6.68. The first-order valence-corrected chi connectivity index (χ1v) is 9.46. The van der Waals surface area contributed by atoms with Gasteiger partial charge in [0.2, 0.25) is 0 Å². The summed E-state index contributed by atoms with van der Waals surface area (Å²) in [5.41, 5.74) is 4.06. The molecule has 0 aliphatic heterocycles. The fourth-order valence-electron chi connectivity index (χ4n) is 2.84. The van der Waals surface area contributed by atoms with Gasteiger partial charge in [-0.1, -0.05) is 29.8 Å². The van der Waals surface area contributed by atoms with E-state index in [0.29, 0.717) is 24.2 Å². The van der Waals surface area contributed by atoms with Crippen LogP contribution < -0.4 is 5.32 Å². The predicted octanol–water partition coefficient (Wildman–Crippen LogP) is 3.03. The van der Waals surface area contributed by atoms with E-state index < -0.39 is 0 Å². The van der Waals surface area contributed by atoms with Crippen molar-refractivity contribution in [3.05, 3.63) is 95.1 Å². The van der Waals surface area contributed by atoms with Gasteiger partial charge in [0, 0.05) is 44.9 Å². The van der Waals surface area contributed by atoms with E-state index in [1.54, 1.807) is 30.4 Å². The Morgan fingerprint density at radius 3 is 2.34 bits per heavy atom. The number of hydrogen-bond donors (Lipinski definition) is 1. The number of pyridine rings is 2. The summed E-state index contributed by atoms with van der Waals surface area (Å²) >= 11 is 0. The third-order valence-electron chi connectivity index (χ3n) is 4.65. The van der Waals surface area contributed by atoms with Gasteiger partial charge in [0.15, 0.2) is 0 Å². The molecule has 0 saturated carbocycles. The summed E-state index contributed by atoms with van der Waals surface area (Å²) in [5, 5.41) is 2.87. The molecule has 3 rings (SSSR count). The minimum absolute atomic E-state index is 0.167. The second-order valence-electron chi connectivity index (χ2n) is 6.96. The first kappa shape index (κ1) is 20.2. The number of carbonyl (C=O) groups is 2. The first-order valence-electron chi connectivity index (χ1n) is 9.46. The van der Waals surface area contributed by atoms with Crippen molar-refractivity contribution in [1.82, 2.24) is 20.2 Å². The van der Waals surface area contributed by atoms with E-state index in [0.717, 1.165) is 17.5 Å². The Hall–Kier alpha value is -3.54. The molecule has 0 aliphatic carbocycles. The highest BCUT2D eigenvalue weighted by atomic mass is 16.2. The summed E-state index contributed by atoms with van der Waals surface area (Å²) in [6.45, 7) is 3.00. The number of amides is 2. The first-order chi connectivity index (χ1) is 14.0. The van der Waals surface area contributed by atoms with Crippen molar-refractivity contribution < 1.29 is 9.59 Å². The van der Waals surface area contributed by atoms with Crippen LogP contribution in [0.3, 0.4) is 0 Å². The van der Waals surface area contributed by atoms with Crippen molar-refractivity contribution >= 4 is 11.8 Å². The minimum Gasteiger partial charge on any atom is -0.348 e. The molecule has 0 spiro atoms. The lowest BCUT2D eigenvalue weighted by Crippen LogP contribution is -2.29. The molecular weight excluding hydrogens is 364 g/mol. The summed E-state index contributed by atoms with van der Waals surface area (Å²) < 4.78 is 0. The van der Waals surface area contributed by atoms with Crippen molar-refractivity contribution in [2.75, 3.05) is 13.6 Å². The number of nitrogens with one attached hydrogen (secondary N) is 1. The van der Waals surface area contributed by atoms with Crippen molar-refractivity contribution in [3.63, 3.8) is 0 Å².